The average molecular weight is 1030 g/mol. The van der Waals surface area contributed by atoms with Crippen molar-refractivity contribution in [3.8, 4) is 28.7 Å². The van der Waals surface area contributed by atoms with Gasteiger partial charge in [0.2, 0.25) is 5.91 Å². The number of ether oxygens (including phenoxy) is 6. The Balaban J connectivity index is 0.813. The van der Waals surface area contributed by atoms with Gasteiger partial charge in [-0.25, -0.2) is 9.69 Å². The molecule has 0 bridgehead atoms. The van der Waals surface area contributed by atoms with Gasteiger partial charge in [0.1, 0.15) is 12.4 Å². The Morgan fingerprint density at radius 3 is 2.09 bits per heavy atom. The van der Waals surface area contributed by atoms with Gasteiger partial charge in [-0.1, -0.05) is 50.2 Å². The van der Waals surface area contributed by atoms with E-state index in [9.17, 15) is 29.1 Å². The molecule has 4 heterocycles. The lowest BCUT2D eigenvalue weighted by molar-refractivity contribution is -0.128. The van der Waals surface area contributed by atoms with Crippen molar-refractivity contribution < 1.29 is 57.5 Å². The van der Waals surface area contributed by atoms with Crippen LogP contribution in [0.3, 0.4) is 0 Å². The summed E-state index contributed by atoms with van der Waals surface area (Å²) in [6.45, 7) is 6.33. The molecule has 1 saturated heterocycles. The minimum absolute atomic E-state index is 0.0519. The second-order valence-corrected chi connectivity index (χ2v) is 20.9. The Morgan fingerprint density at radius 2 is 1.45 bits per heavy atom. The molecule has 5 atom stereocenters. The molecule has 4 N–H and O–H groups in total. The van der Waals surface area contributed by atoms with Crippen LogP contribution in [-0.4, -0.2) is 116 Å². The topological polar surface area (TPSA) is 209 Å². The molecular weight excluding hydrogens is 959 g/mol. The van der Waals surface area contributed by atoms with E-state index in [-0.39, 0.29) is 71.8 Å². The number of nitrogens with one attached hydrogen (secondary N) is 1. The molecule has 1 aliphatic carbocycles. The summed E-state index contributed by atoms with van der Waals surface area (Å²) in [5.74, 6) is 1.48. The first-order valence-electron chi connectivity index (χ1n) is 26.1. The van der Waals surface area contributed by atoms with Crippen LogP contribution in [0.5, 0.6) is 28.7 Å². The second-order valence-electron chi connectivity index (χ2n) is 20.9. The first-order valence-corrected chi connectivity index (χ1v) is 26.1. The predicted molar refractivity (Wildman–Crippen MR) is 280 cm³/mol. The second kappa shape index (κ2) is 22.4. The number of benzene rings is 4. The molecule has 17 nitrogen and oxygen atoms in total. The van der Waals surface area contributed by atoms with E-state index in [0.29, 0.717) is 72.1 Å². The highest BCUT2D eigenvalue weighted by molar-refractivity contribution is 6.06. The summed E-state index contributed by atoms with van der Waals surface area (Å²) in [6, 6.07) is 19.8. The van der Waals surface area contributed by atoms with Crippen LogP contribution in [-0.2, 0) is 33.8 Å². The zero-order valence-electron chi connectivity index (χ0n) is 43.7. The van der Waals surface area contributed by atoms with Crippen LogP contribution in [0.1, 0.15) is 115 Å². The molecule has 5 aliphatic rings. The fourth-order valence-electron chi connectivity index (χ4n) is 10.6. The maximum atomic E-state index is 14.3. The number of unbranched alkanes of at least 4 members (excludes halogenated alkanes) is 2. The van der Waals surface area contributed by atoms with E-state index in [1.165, 1.54) is 7.11 Å². The van der Waals surface area contributed by atoms with E-state index in [4.69, 9.17) is 34.2 Å². The SMILES string of the molecule is COc1ccc(C2=CN3C(=O)c4cc(OC)c(OCCCCCOc5cc6c(cc5OC)C(=O)N5CC7(CC7)C[C@H]5C(O)N6C(=O)OCc5ccc(CC(=O)C(C)NC(=O)[C@H](N)C(C)C)cc5)cc4CC[C@@H]3C2)cc1. The Bertz CT molecular complexity index is 2830. The molecule has 0 aromatic heterocycles. The molecule has 4 aliphatic heterocycles. The molecule has 2 fully saturated rings. The van der Waals surface area contributed by atoms with Crippen LogP contribution in [0.2, 0.25) is 0 Å². The number of hydrogen-bond acceptors (Lipinski definition) is 13. The highest BCUT2D eigenvalue weighted by Gasteiger charge is 2.58. The number of nitrogens with zero attached hydrogens (tertiary/aromatic N) is 3. The number of nitrogens with two attached hydrogens (primary N) is 1. The van der Waals surface area contributed by atoms with E-state index in [1.54, 1.807) is 68.5 Å². The molecule has 0 radical (unpaired) electrons. The molecule has 75 heavy (non-hydrogen) atoms. The first-order chi connectivity index (χ1) is 36.1. The van der Waals surface area contributed by atoms with Crippen molar-refractivity contribution in [3.63, 3.8) is 0 Å². The molecule has 2 unspecified atom stereocenters. The largest absolute Gasteiger partial charge is 0.497 e. The van der Waals surface area contributed by atoms with Gasteiger partial charge in [-0.05, 0) is 134 Å². The van der Waals surface area contributed by atoms with Gasteiger partial charge >= 0.3 is 6.09 Å². The number of carbonyl (C=O) groups is 5. The van der Waals surface area contributed by atoms with Crippen LogP contribution >= 0.6 is 0 Å². The zero-order chi connectivity index (χ0) is 53.1. The fraction of sp³-hybridized carbons (Fsp3) is 0.466. The molecule has 398 valence electrons. The van der Waals surface area contributed by atoms with E-state index in [1.807, 2.05) is 55.3 Å². The van der Waals surface area contributed by atoms with Crippen molar-refractivity contribution in [1.82, 2.24) is 15.1 Å². The van der Waals surface area contributed by atoms with E-state index < -0.39 is 30.4 Å². The molecule has 17 heteroatoms. The standard InChI is InChI=1S/C58H69N5O12/c1-34(2)52(59)53(65)60-35(3)47(64)24-36-10-12-37(13-11-36)32-75-57(69)63-45-29-51(49(72-6)28-44(45)55(67)62-33-58(20-21-58)30-46(62)56(63)68)74-23-9-7-8-22-73-50-26-39-14-17-41-25-40(38-15-18-42(70-4)19-16-38)31-61(41)54(66)43(39)27-48(50)71-5/h10-13,15-16,18-19,26-29,31,34-35,41,46,52,56,68H,7-9,14,17,20-25,30,32-33,59H2,1-6H3,(H,60,65)/t35?,41-,46+,52-,56?/m1/s1. The first kappa shape index (κ1) is 52.7. The molecule has 1 saturated carbocycles. The summed E-state index contributed by atoms with van der Waals surface area (Å²) >= 11 is 0. The summed E-state index contributed by atoms with van der Waals surface area (Å²) in [5.41, 5.74) is 11.3. The van der Waals surface area contributed by atoms with Gasteiger partial charge in [0.05, 0.1) is 63.9 Å². The van der Waals surface area contributed by atoms with Gasteiger partial charge < -0.3 is 54.4 Å². The van der Waals surface area contributed by atoms with Crippen LogP contribution < -0.4 is 39.6 Å². The minimum Gasteiger partial charge on any atom is -0.497 e. The molecular formula is C58H69N5O12. The number of aliphatic hydroxyl groups is 1. The van der Waals surface area contributed by atoms with Crippen LogP contribution in [0, 0.1) is 11.3 Å². The van der Waals surface area contributed by atoms with Crippen molar-refractivity contribution in [3.05, 3.63) is 112 Å². The summed E-state index contributed by atoms with van der Waals surface area (Å²) in [6.07, 6.45) is 6.65. The number of anilines is 1. The lowest BCUT2D eigenvalue weighted by Crippen LogP contribution is -2.50. The molecule has 9 rings (SSSR count). The van der Waals surface area contributed by atoms with Gasteiger partial charge in [0, 0.05) is 36.8 Å². The third-order valence-electron chi connectivity index (χ3n) is 15.5. The normalized spacial score (nSPS) is 19.9. The van der Waals surface area contributed by atoms with Gasteiger partial charge in [-0.15, -0.1) is 0 Å². The highest BCUT2D eigenvalue weighted by atomic mass is 16.6. The van der Waals surface area contributed by atoms with E-state index in [2.05, 4.69) is 5.32 Å². The molecule has 4 aromatic carbocycles. The maximum absolute atomic E-state index is 14.3. The fourth-order valence-corrected chi connectivity index (χ4v) is 10.6. The third kappa shape index (κ3) is 11.3. The van der Waals surface area contributed by atoms with Gasteiger partial charge in [0.15, 0.2) is 35.0 Å². The number of hydrogen-bond donors (Lipinski definition) is 3. The lowest BCUT2D eigenvalue weighted by Gasteiger charge is -2.31. The van der Waals surface area contributed by atoms with Gasteiger partial charge in [0.25, 0.3) is 11.8 Å². The smallest absolute Gasteiger partial charge is 0.416 e. The number of amides is 4. The maximum Gasteiger partial charge on any atom is 0.416 e. The Kier molecular flexibility index (Phi) is 15.7. The molecule has 1 spiro atoms. The quantitative estimate of drug-likeness (QED) is 0.0730. The lowest BCUT2D eigenvalue weighted by atomic mass is 9.97. The van der Waals surface area contributed by atoms with Crippen LogP contribution in [0.4, 0.5) is 10.5 Å². The van der Waals surface area contributed by atoms with Crippen LogP contribution in [0.15, 0.2) is 79.0 Å². The molecule has 4 amide bonds. The van der Waals surface area contributed by atoms with E-state index in [0.717, 1.165) is 65.9 Å². The zero-order valence-corrected chi connectivity index (χ0v) is 43.7. The number of rotatable bonds is 20. The number of Topliss-reactive ketones (excluding diaryl/α,β-unsaturated/α-hetero) is 1. The van der Waals surface area contributed by atoms with Crippen molar-refractivity contribution >= 4 is 40.9 Å². The Hall–Kier alpha value is -7.11. The number of carbonyl (C=O) groups excluding carboxylic acids is 5. The summed E-state index contributed by atoms with van der Waals surface area (Å²) < 4.78 is 35.2. The Morgan fingerprint density at radius 1 is 0.800 bits per heavy atom. The minimum atomic E-state index is -1.40. The highest BCUT2D eigenvalue weighted by Crippen LogP contribution is 2.57. The Labute approximate surface area is 438 Å². The summed E-state index contributed by atoms with van der Waals surface area (Å²) in [5, 5.41) is 14.7. The molecule has 4 aromatic rings. The number of ketones is 1. The van der Waals surface area contributed by atoms with E-state index >= 15 is 0 Å². The van der Waals surface area contributed by atoms with Crippen LogP contribution in [0.25, 0.3) is 5.57 Å². The van der Waals surface area contributed by atoms with Gasteiger partial charge in [-0.2, -0.15) is 0 Å². The number of aryl methyl sites for hydroxylation is 1. The average Bonchev–Trinajstić information content (AvgIpc) is 3.95. The third-order valence-corrected chi connectivity index (χ3v) is 15.5. The van der Waals surface area contributed by atoms with Crippen molar-refractivity contribution in [2.45, 2.75) is 122 Å². The van der Waals surface area contributed by atoms with Crippen molar-refractivity contribution in [2.24, 2.45) is 17.1 Å². The predicted octanol–water partition coefficient (Wildman–Crippen LogP) is 7.61. The number of aliphatic hydroxyl groups excluding tert-OH is 1. The summed E-state index contributed by atoms with van der Waals surface area (Å²) in [7, 11) is 4.70. The monoisotopic (exact) mass is 1030 g/mol. The van der Waals surface area contributed by atoms with Crippen molar-refractivity contribution in [1.29, 1.82) is 0 Å². The number of methoxy groups -OCH3 is 3. The van der Waals surface area contributed by atoms with Gasteiger partial charge in [-0.3, -0.25) is 19.2 Å². The number of fused-ring (bicyclic) bond motifs is 4. The summed E-state index contributed by atoms with van der Waals surface area (Å²) in [4.78, 5) is 72.6. The van der Waals surface area contributed by atoms with Crippen molar-refractivity contribution in [2.75, 3.05) is 46.0 Å².